The van der Waals surface area contributed by atoms with Crippen molar-refractivity contribution in [2.24, 2.45) is 5.92 Å². The number of rotatable bonds is 4. The van der Waals surface area contributed by atoms with Gasteiger partial charge in [0.25, 0.3) is 0 Å². The van der Waals surface area contributed by atoms with Crippen molar-refractivity contribution >= 4 is 11.3 Å². The van der Waals surface area contributed by atoms with Crippen molar-refractivity contribution in [1.82, 2.24) is 5.32 Å². The van der Waals surface area contributed by atoms with Crippen LogP contribution in [0.1, 0.15) is 30.6 Å². The van der Waals surface area contributed by atoms with Crippen LogP contribution in [0.5, 0.6) is 0 Å². The Kier molecular flexibility index (Phi) is 4.67. The topological polar surface area (TPSA) is 12.0 Å². The summed E-state index contributed by atoms with van der Waals surface area (Å²) >= 11 is 1.72. The van der Waals surface area contributed by atoms with Gasteiger partial charge in [-0.2, -0.15) is 13.2 Å². The first-order valence-corrected chi connectivity index (χ1v) is 7.26. The molecule has 1 heterocycles. The monoisotopic (exact) mass is 277 g/mol. The molecule has 1 aliphatic rings. The first-order valence-electron chi connectivity index (χ1n) is 6.38. The van der Waals surface area contributed by atoms with Crippen molar-refractivity contribution in [3.05, 3.63) is 22.4 Å². The van der Waals surface area contributed by atoms with Gasteiger partial charge in [0.2, 0.25) is 0 Å². The molecule has 5 heteroatoms. The van der Waals surface area contributed by atoms with Gasteiger partial charge in [-0.3, -0.25) is 0 Å². The maximum Gasteiger partial charge on any atom is 0.391 e. The van der Waals surface area contributed by atoms with Gasteiger partial charge in [0, 0.05) is 17.5 Å². The first kappa shape index (κ1) is 13.9. The molecule has 1 aromatic rings. The summed E-state index contributed by atoms with van der Waals surface area (Å²) in [6, 6.07) is 4.38. The Bertz CT molecular complexity index is 340. The minimum absolute atomic E-state index is 0.267. The molecular weight excluding hydrogens is 259 g/mol. The largest absolute Gasteiger partial charge is 0.391 e. The van der Waals surface area contributed by atoms with Crippen molar-refractivity contribution in [2.45, 2.75) is 44.3 Å². The van der Waals surface area contributed by atoms with E-state index in [1.807, 2.05) is 11.4 Å². The minimum atomic E-state index is -4.00. The summed E-state index contributed by atoms with van der Waals surface area (Å²) in [7, 11) is 0. The summed E-state index contributed by atoms with van der Waals surface area (Å²) in [5.41, 5.74) is 0. The van der Waals surface area contributed by atoms with E-state index in [9.17, 15) is 13.2 Å². The molecule has 1 N–H and O–H groups in total. The summed E-state index contributed by atoms with van der Waals surface area (Å²) in [4.78, 5) is 1.33. The molecule has 1 aromatic heterocycles. The maximum atomic E-state index is 12.5. The van der Waals surface area contributed by atoms with Crippen LogP contribution in [0.25, 0.3) is 0 Å². The van der Waals surface area contributed by atoms with Crippen molar-refractivity contribution in [2.75, 3.05) is 6.54 Å². The molecule has 0 saturated heterocycles. The molecule has 18 heavy (non-hydrogen) atoms. The highest BCUT2D eigenvalue weighted by atomic mass is 32.1. The van der Waals surface area contributed by atoms with Gasteiger partial charge in [-0.05, 0) is 43.6 Å². The second kappa shape index (κ2) is 6.06. The number of thiophene rings is 1. The molecule has 0 spiro atoms. The molecule has 2 rings (SSSR count). The van der Waals surface area contributed by atoms with E-state index in [2.05, 4.69) is 11.4 Å². The predicted octanol–water partition coefficient (Wildman–Crippen LogP) is 4.00. The van der Waals surface area contributed by atoms with Gasteiger partial charge in [-0.1, -0.05) is 6.07 Å². The fourth-order valence-electron chi connectivity index (χ4n) is 2.48. The maximum absolute atomic E-state index is 12.5. The zero-order valence-corrected chi connectivity index (χ0v) is 11.0. The van der Waals surface area contributed by atoms with E-state index in [0.717, 1.165) is 13.0 Å². The summed E-state index contributed by atoms with van der Waals surface area (Å²) in [6.45, 7) is 0.863. The molecule has 0 aromatic carbocycles. The van der Waals surface area contributed by atoms with Gasteiger partial charge in [-0.15, -0.1) is 11.3 Å². The molecule has 0 aliphatic heterocycles. The van der Waals surface area contributed by atoms with Crippen LogP contribution in [0.2, 0.25) is 0 Å². The van der Waals surface area contributed by atoms with Crippen molar-refractivity contribution < 1.29 is 13.2 Å². The van der Waals surface area contributed by atoms with Gasteiger partial charge in [0.05, 0.1) is 5.92 Å². The Morgan fingerprint density at radius 1 is 1.22 bits per heavy atom. The summed E-state index contributed by atoms with van der Waals surface area (Å²) < 4.78 is 37.5. The van der Waals surface area contributed by atoms with Crippen LogP contribution < -0.4 is 5.32 Å². The van der Waals surface area contributed by atoms with E-state index < -0.39 is 12.1 Å². The van der Waals surface area contributed by atoms with Crippen LogP contribution in [0.3, 0.4) is 0 Å². The van der Waals surface area contributed by atoms with Crippen molar-refractivity contribution in [3.63, 3.8) is 0 Å². The number of nitrogens with one attached hydrogen (secondary N) is 1. The van der Waals surface area contributed by atoms with Gasteiger partial charge < -0.3 is 5.32 Å². The van der Waals surface area contributed by atoms with E-state index in [0.29, 0.717) is 12.8 Å². The van der Waals surface area contributed by atoms with Crippen LogP contribution in [-0.4, -0.2) is 18.8 Å². The highest BCUT2D eigenvalue weighted by Gasteiger charge is 2.41. The Labute approximate surface area is 109 Å². The SMILES string of the molecule is FC(F)(F)C1CCC(NCCc2cccs2)CC1. The lowest BCUT2D eigenvalue weighted by Gasteiger charge is -2.30. The third-order valence-corrected chi connectivity index (χ3v) is 4.51. The molecule has 0 amide bonds. The van der Waals surface area contributed by atoms with Crippen molar-refractivity contribution in [1.29, 1.82) is 0 Å². The van der Waals surface area contributed by atoms with E-state index in [-0.39, 0.29) is 18.9 Å². The Morgan fingerprint density at radius 3 is 2.50 bits per heavy atom. The number of alkyl halides is 3. The van der Waals surface area contributed by atoms with E-state index in [4.69, 9.17) is 0 Å². The van der Waals surface area contributed by atoms with E-state index in [1.165, 1.54) is 4.88 Å². The van der Waals surface area contributed by atoms with Crippen LogP contribution in [-0.2, 0) is 6.42 Å². The first-order chi connectivity index (χ1) is 8.55. The minimum Gasteiger partial charge on any atom is -0.314 e. The molecule has 1 aliphatic carbocycles. The third-order valence-electron chi connectivity index (χ3n) is 3.57. The smallest absolute Gasteiger partial charge is 0.314 e. The van der Waals surface area contributed by atoms with Crippen molar-refractivity contribution in [3.8, 4) is 0 Å². The van der Waals surface area contributed by atoms with Gasteiger partial charge >= 0.3 is 6.18 Å². The number of hydrogen-bond acceptors (Lipinski definition) is 2. The molecule has 0 unspecified atom stereocenters. The number of hydrogen-bond donors (Lipinski definition) is 1. The average Bonchev–Trinajstić information content (AvgIpc) is 2.82. The van der Waals surface area contributed by atoms with Gasteiger partial charge in [0.15, 0.2) is 0 Å². The Balaban J connectivity index is 1.65. The van der Waals surface area contributed by atoms with Crippen LogP contribution in [0, 0.1) is 5.92 Å². The molecule has 0 atom stereocenters. The van der Waals surface area contributed by atoms with Crippen LogP contribution in [0.4, 0.5) is 13.2 Å². The number of halogens is 3. The highest BCUT2D eigenvalue weighted by molar-refractivity contribution is 7.09. The lowest BCUT2D eigenvalue weighted by Crippen LogP contribution is -2.37. The second-order valence-corrected chi connectivity index (χ2v) is 5.91. The van der Waals surface area contributed by atoms with E-state index >= 15 is 0 Å². The molecule has 0 bridgehead atoms. The summed E-state index contributed by atoms with van der Waals surface area (Å²) in [6.07, 6.45) is -1.18. The molecular formula is C13H18F3NS. The molecule has 0 radical (unpaired) electrons. The fourth-order valence-corrected chi connectivity index (χ4v) is 3.19. The zero-order chi connectivity index (χ0) is 13.0. The Hall–Kier alpha value is -0.550. The van der Waals surface area contributed by atoms with Gasteiger partial charge in [-0.25, -0.2) is 0 Å². The van der Waals surface area contributed by atoms with Crippen LogP contribution >= 0.6 is 11.3 Å². The lowest BCUT2D eigenvalue weighted by atomic mass is 9.85. The fraction of sp³-hybridized carbons (Fsp3) is 0.692. The normalized spacial score (nSPS) is 25.3. The average molecular weight is 277 g/mol. The summed E-state index contributed by atoms with van der Waals surface area (Å²) in [5, 5.41) is 5.42. The lowest BCUT2D eigenvalue weighted by molar-refractivity contribution is -0.182. The highest BCUT2D eigenvalue weighted by Crippen LogP contribution is 2.37. The zero-order valence-electron chi connectivity index (χ0n) is 10.2. The van der Waals surface area contributed by atoms with Crippen LogP contribution in [0.15, 0.2) is 17.5 Å². The van der Waals surface area contributed by atoms with Gasteiger partial charge in [0.1, 0.15) is 0 Å². The Morgan fingerprint density at radius 2 is 1.94 bits per heavy atom. The molecule has 1 nitrogen and oxygen atoms in total. The summed E-state index contributed by atoms with van der Waals surface area (Å²) in [5.74, 6) is -1.08. The van der Waals surface area contributed by atoms with E-state index in [1.54, 1.807) is 11.3 Å². The molecule has 102 valence electrons. The molecule has 1 fully saturated rings. The quantitative estimate of drug-likeness (QED) is 0.877. The second-order valence-electron chi connectivity index (χ2n) is 4.87. The molecule has 1 saturated carbocycles. The standard InChI is InChI=1S/C13H18F3NS/c14-13(15,16)10-3-5-11(6-4-10)17-8-7-12-2-1-9-18-12/h1-2,9-11,17H,3-8H2. The third kappa shape index (κ3) is 3.99. The predicted molar refractivity (Wildman–Crippen MR) is 67.8 cm³/mol.